The zero-order valence-corrected chi connectivity index (χ0v) is 22.3. The van der Waals surface area contributed by atoms with Gasteiger partial charge in [0, 0.05) is 34.2 Å². The van der Waals surface area contributed by atoms with Crippen LogP contribution in [0.1, 0.15) is 73.6 Å². The van der Waals surface area contributed by atoms with Crippen molar-refractivity contribution in [1.82, 2.24) is 0 Å². The molecule has 1 fully saturated rings. The molecule has 0 unspecified atom stereocenters. The van der Waals surface area contributed by atoms with Gasteiger partial charge in [0.1, 0.15) is 0 Å². The number of hydrogen-bond acceptors (Lipinski definition) is 5. The lowest BCUT2D eigenvalue weighted by molar-refractivity contribution is -0.146. The first-order chi connectivity index (χ1) is 13.4. The summed E-state index contributed by atoms with van der Waals surface area (Å²) in [4.78, 5) is 0. The first-order valence-electron chi connectivity index (χ1n) is 10.9. The standard InChI is InChI=1S/C23H40O3Si.S2/c1-17-11-13-22(5)19(18(17)12-14-23(6)24-15-16-25-23)9-10-20(22)26-27(7,8)21(2,3)4;1-2/h9,20H,10-16H2,1-8H3;/t20-,22-;/m0./s1. The van der Waals surface area contributed by atoms with Crippen molar-refractivity contribution in [1.29, 1.82) is 0 Å². The number of rotatable bonds is 5. The normalized spacial score (nSPS) is 29.2. The van der Waals surface area contributed by atoms with Crippen LogP contribution < -0.4 is 0 Å². The Labute approximate surface area is 189 Å². The largest absolute Gasteiger partial charge is 0.413 e. The van der Waals surface area contributed by atoms with E-state index in [0.29, 0.717) is 6.10 Å². The molecule has 0 amide bonds. The summed E-state index contributed by atoms with van der Waals surface area (Å²) >= 11 is 7.33. The minimum Gasteiger partial charge on any atom is -0.413 e. The predicted octanol–water partition coefficient (Wildman–Crippen LogP) is 6.36. The average Bonchev–Trinajstić information content (AvgIpc) is 3.20. The zero-order chi connectivity index (χ0) is 22.1. The van der Waals surface area contributed by atoms with Crippen LogP contribution in [0, 0.1) is 5.41 Å². The molecule has 6 heteroatoms. The van der Waals surface area contributed by atoms with Gasteiger partial charge in [-0.05, 0) is 68.8 Å². The summed E-state index contributed by atoms with van der Waals surface area (Å²) in [7, 11) is -1.77. The third kappa shape index (κ3) is 5.26. The maximum atomic E-state index is 6.93. The Morgan fingerprint density at radius 3 is 2.31 bits per heavy atom. The average molecular weight is 457 g/mol. The Balaban J connectivity index is 0.00000145. The quantitative estimate of drug-likeness (QED) is 0.449. The highest BCUT2D eigenvalue weighted by Crippen LogP contribution is 2.54. The van der Waals surface area contributed by atoms with E-state index in [1.54, 1.807) is 16.7 Å². The van der Waals surface area contributed by atoms with Gasteiger partial charge in [-0.25, -0.2) is 0 Å². The van der Waals surface area contributed by atoms with E-state index in [1.807, 2.05) is 0 Å². The summed E-state index contributed by atoms with van der Waals surface area (Å²) in [6.45, 7) is 20.1. The second kappa shape index (κ2) is 9.25. The number of ether oxygens (including phenoxy) is 2. The Morgan fingerprint density at radius 2 is 1.76 bits per heavy atom. The van der Waals surface area contributed by atoms with E-state index >= 15 is 0 Å². The van der Waals surface area contributed by atoms with E-state index in [9.17, 15) is 0 Å². The van der Waals surface area contributed by atoms with Gasteiger partial charge in [0.2, 0.25) is 0 Å². The highest BCUT2D eigenvalue weighted by molar-refractivity contribution is 8.07. The minimum absolute atomic E-state index is 0.155. The highest BCUT2D eigenvalue weighted by atomic mass is 32.8. The van der Waals surface area contributed by atoms with E-state index < -0.39 is 14.1 Å². The summed E-state index contributed by atoms with van der Waals surface area (Å²) in [5.74, 6) is -0.405. The van der Waals surface area contributed by atoms with E-state index in [2.05, 4.69) is 83.1 Å². The van der Waals surface area contributed by atoms with Crippen molar-refractivity contribution >= 4 is 30.7 Å². The molecule has 0 N–H and O–H groups in total. The first kappa shape index (κ1) is 25.3. The van der Waals surface area contributed by atoms with Crippen molar-refractivity contribution in [3.63, 3.8) is 0 Å². The van der Waals surface area contributed by atoms with Gasteiger partial charge in [-0.1, -0.05) is 39.3 Å². The van der Waals surface area contributed by atoms with Crippen molar-refractivity contribution in [2.45, 2.75) is 104 Å². The molecule has 1 aliphatic heterocycles. The smallest absolute Gasteiger partial charge is 0.192 e. The second-order valence-electron chi connectivity index (χ2n) is 10.7. The van der Waals surface area contributed by atoms with Gasteiger partial charge >= 0.3 is 0 Å². The number of allylic oxidation sites excluding steroid dienone is 2. The summed E-state index contributed by atoms with van der Waals surface area (Å²) in [6.07, 6.45) is 8.22. The van der Waals surface area contributed by atoms with Crippen LogP contribution in [0.4, 0.5) is 0 Å². The zero-order valence-electron chi connectivity index (χ0n) is 19.6. The van der Waals surface area contributed by atoms with Crippen LogP contribution in [0.5, 0.6) is 0 Å². The third-order valence-corrected chi connectivity index (χ3v) is 12.2. The van der Waals surface area contributed by atoms with Gasteiger partial charge in [0.25, 0.3) is 0 Å². The minimum atomic E-state index is -1.77. The summed E-state index contributed by atoms with van der Waals surface area (Å²) < 4.78 is 18.6. The van der Waals surface area contributed by atoms with Crippen LogP contribution in [0.25, 0.3) is 0 Å². The molecule has 3 nitrogen and oxygen atoms in total. The van der Waals surface area contributed by atoms with Gasteiger partial charge in [-0.3, -0.25) is 0 Å². The number of fused-ring (bicyclic) bond motifs is 1. The van der Waals surface area contributed by atoms with E-state index in [1.165, 1.54) is 12.8 Å². The second-order valence-corrected chi connectivity index (χ2v) is 15.5. The Bertz CT molecular complexity index is 660. The molecule has 0 spiro atoms. The molecule has 0 bridgehead atoms. The molecule has 166 valence electrons. The SMILES string of the molecule is CC1=C(CCC2(C)OCCO2)C2=CC[C@H](O[Si](C)(C)C(C)(C)C)[C@@]2(C)CC1.S=S. The topological polar surface area (TPSA) is 27.7 Å². The molecule has 3 aliphatic rings. The lowest BCUT2D eigenvalue weighted by atomic mass is 9.68. The molecule has 0 aromatic rings. The maximum Gasteiger partial charge on any atom is 0.192 e. The number of hydrogen-bond donors (Lipinski definition) is 0. The fraction of sp³-hybridized carbons (Fsp3) is 0.826. The van der Waals surface area contributed by atoms with Gasteiger partial charge in [-0.2, -0.15) is 0 Å². The Hall–Kier alpha value is 0.0169. The fourth-order valence-electron chi connectivity index (χ4n) is 4.59. The van der Waals surface area contributed by atoms with Crippen LogP contribution in [-0.2, 0) is 36.3 Å². The van der Waals surface area contributed by atoms with Gasteiger partial charge < -0.3 is 13.9 Å². The van der Waals surface area contributed by atoms with Crippen LogP contribution in [0.2, 0.25) is 18.1 Å². The highest BCUT2D eigenvalue weighted by Gasteiger charge is 2.49. The summed E-state index contributed by atoms with van der Waals surface area (Å²) in [5.41, 5.74) is 4.80. The molecule has 0 aromatic carbocycles. The lowest BCUT2D eigenvalue weighted by Gasteiger charge is -2.46. The van der Waals surface area contributed by atoms with Crippen molar-refractivity contribution in [2.75, 3.05) is 13.2 Å². The van der Waals surface area contributed by atoms with Crippen molar-refractivity contribution in [3.05, 3.63) is 22.8 Å². The molecule has 0 saturated carbocycles. The molecule has 2 aliphatic carbocycles. The van der Waals surface area contributed by atoms with Gasteiger partial charge in [-0.15, -0.1) is 0 Å². The van der Waals surface area contributed by atoms with E-state index in [0.717, 1.165) is 32.5 Å². The lowest BCUT2D eigenvalue weighted by Crippen LogP contribution is -2.48. The predicted molar refractivity (Wildman–Crippen MR) is 129 cm³/mol. The van der Waals surface area contributed by atoms with Crippen LogP contribution in [-0.4, -0.2) is 33.4 Å². The fourth-order valence-corrected chi connectivity index (χ4v) is 6.02. The third-order valence-electron chi connectivity index (χ3n) is 7.69. The molecular formula is C23H40O3S2Si. The molecule has 0 aromatic heterocycles. The molecule has 0 radical (unpaired) electrons. The maximum absolute atomic E-state index is 6.93. The monoisotopic (exact) mass is 456 g/mol. The van der Waals surface area contributed by atoms with Crippen molar-refractivity contribution in [2.24, 2.45) is 5.41 Å². The summed E-state index contributed by atoms with van der Waals surface area (Å²) in [5, 5.41) is 0.251. The molecular weight excluding hydrogens is 416 g/mol. The molecule has 1 heterocycles. The Kier molecular flexibility index (Phi) is 8.06. The molecule has 1 saturated heterocycles. The van der Waals surface area contributed by atoms with Crippen molar-refractivity contribution in [3.8, 4) is 0 Å². The van der Waals surface area contributed by atoms with Crippen molar-refractivity contribution < 1.29 is 13.9 Å². The Morgan fingerprint density at radius 1 is 1.17 bits per heavy atom. The first-order valence-corrected chi connectivity index (χ1v) is 15.1. The molecule has 29 heavy (non-hydrogen) atoms. The van der Waals surface area contributed by atoms with Crippen LogP contribution >= 0.6 is 0 Å². The summed E-state index contributed by atoms with van der Waals surface area (Å²) in [6, 6.07) is 0. The molecule has 3 rings (SSSR count). The molecule has 2 atom stereocenters. The van der Waals surface area contributed by atoms with Gasteiger partial charge in [0.15, 0.2) is 14.1 Å². The van der Waals surface area contributed by atoms with E-state index in [4.69, 9.17) is 13.9 Å². The van der Waals surface area contributed by atoms with E-state index in [-0.39, 0.29) is 10.5 Å². The van der Waals surface area contributed by atoms with Crippen LogP contribution in [0.15, 0.2) is 22.8 Å². The van der Waals surface area contributed by atoms with Crippen LogP contribution in [0.3, 0.4) is 0 Å². The van der Waals surface area contributed by atoms with Gasteiger partial charge in [0.05, 0.1) is 19.3 Å².